The lowest BCUT2D eigenvalue weighted by Crippen LogP contribution is -2.49. The first kappa shape index (κ1) is 16.4. The molecule has 0 aromatic rings. The van der Waals surface area contributed by atoms with E-state index in [4.69, 9.17) is 5.11 Å². The van der Waals surface area contributed by atoms with Gasteiger partial charge in [0, 0.05) is 13.1 Å². The van der Waals surface area contributed by atoms with Gasteiger partial charge in [-0.3, -0.25) is 4.79 Å². The van der Waals surface area contributed by atoms with Crippen molar-refractivity contribution in [3.8, 4) is 0 Å². The Kier molecular flexibility index (Phi) is 8.12. The summed E-state index contributed by atoms with van der Waals surface area (Å²) >= 11 is 0. The Morgan fingerprint density at radius 1 is 1.41 bits per heavy atom. The minimum Gasteiger partial charge on any atom is -0.393 e. The van der Waals surface area contributed by atoms with E-state index < -0.39 is 5.60 Å². The van der Waals surface area contributed by atoms with Crippen molar-refractivity contribution < 1.29 is 15.0 Å². The van der Waals surface area contributed by atoms with Crippen molar-refractivity contribution in [2.24, 2.45) is 0 Å². The Morgan fingerprint density at radius 2 is 2.06 bits per heavy atom. The number of hydrogen-bond donors (Lipinski definition) is 4. The monoisotopic (exact) mass is 246 g/mol. The van der Waals surface area contributed by atoms with Crippen LogP contribution in [-0.2, 0) is 4.79 Å². The maximum atomic E-state index is 11.6. The molecule has 0 radical (unpaired) electrons. The molecule has 102 valence electrons. The zero-order chi connectivity index (χ0) is 13.3. The topological polar surface area (TPSA) is 81.6 Å². The molecule has 0 aliphatic rings. The molecule has 0 saturated heterocycles. The summed E-state index contributed by atoms with van der Waals surface area (Å²) in [5.74, 6) is -0.0742. The highest BCUT2D eigenvalue weighted by molar-refractivity contribution is 5.81. The molecule has 0 aromatic carbocycles. The third kappa shape index (κ3) is 8.12. The van der Waals surface area contributed by atoms with Crippen molar-refractivity contribution in [3.63, 3.8) is 0 Å². The number of aliphatic hydroxyl groups is 2. The molecule has 0 aromatic heterocycles. The summed E-state index contributed by atoms with van der Waals surface area (Å²) in [5.41, 5.74) is -1.18. The Bertz CT molecular complexity index is 220. The molecule has 0 rings (SSSR count). The summed E-state index contributed by atoms with van der Waals surface area (Å²) in [7, 11) is 0. The van der Waals surface area contributed by atoms with E-state index in [-0.39, 0.29) is 25.1 Å². The fourth-order valence-corrected chi connectivity index (χ4v) is 1.26. The fourth-order valence-electron chi connectivity index (χ4n) is 1.26. The van der Waals surface area contributed by atoms with Crippen LogP contribution in [0.5, 0.6) is 0 Å². The van der Waals surface area contributed by atoms with E-state index in [1.165, 1.54) is 6.92 Å². The van der Waals surface area contributed by atoms with Crippen molar-refractivity contribution in [3.05, 3.63) is 0 Å². The Morgan fingerprint density at radius 3 is 2.59 bits per heavy atom. The van der Waals surface area contributed by atoms with Crippen LogP contribution in [0.15, 0.2) is 0 Å². The number of nitrogens with one attached hydrogen (secondary N) is 2. The van der Waals surface area contributed by atoms with Crippen LogP contribution in [0.2, 0.25) is 0 Å². The minimum atomic E-state index is -1.18. The molecule has 1 amide bonds. The van der Waals surface area contributed by atoms with Gasteiger partial charge in [-0.2, -0.15) is 0 Å². The molecule has 17 heavy (non-hydrogen) atoms. The minimum absolute atomic E-state index is 0.0742. The number of amides is 1. The zero-order valence-electron chi connectivity index (χ0n) is 11.1. The number of rotatable bonds is 9. The Labute approximate surface area is 104 Å². The zero-order valence-corrected chi connectivity index (χ0v) is 11.1. The van der Waals surface area contributed by atoms with Gasteiger partial charge < -0.3 is 20.8 Å². The lowest BCUT2D eigenvalue weighted by molar-refractivity contribution is -0.123. The average Bonchev–Trinajstić information content (AvgIpc) is 2.31. The van der Waals surface area contributed by atoms with E-state index in [0.29, 0.717) is 6.54 Å². The molecule has 0 aliphatic heterocycles. The molecule has 0 saturated carbocycles. The molecule has 4 N–H and O–H groups in total. The number of aliphatic hydroxyl groups excluding tert-OH is 1. The summed E-state index contributed by atoms with van der Waals surface area (Å²) in [6, 6.07) is -0.366. The number of carbonyl (C=O) groups is 1. The van der Waals surface area contributed by atoms with Gasteiger partial charge in [0.25, 0.3) is 0 Å². The van der Waals surface area contributed by atoms with E-state index in [1.54, 1.807) is 6.92 Å². The molecule has 0 aliphatic carbocycles. The van der Waals surface area contributed by atoms with Gasteiger partial charge in [-0.1, -0.05) is 19.8 Å². The van der Waals surface area contributed by atoms with Crippen molar-refractivity contribution in [2.75, 3.05) is 19.7 Å². The molecular weight excluding hydrogens is 220 g/mol. The van der Waals surface area contributed by atoms with E-state index in [9.17, 15) is 9.90 Å². The predicted octanol–water partition coefficient (Wildman–Crippen LogP) is 0.0142. The van der Waals surface area contributed by atoms with Gasteiger partial charge in [-0.05, 0) is 20.3 Å². The first-order valence-electron chi connectivity index (χ1n) is 6.27. The highest BCUT2D eigenvalue weighted by Gasteiger charge is 2.21. The summed E-state index contributed by atoms with van der Waals surface area (Å²) < 4.78 is 0. The summed E-state index contributed by atoms with van der Waals surface area (Å²) in [4.78, 5) is 11.6. The second-order valence-corrected chi connectivity index (χ2v) is 4.76. The van der Waals surface area contributed by atoms with Crippen LogP contribution in [-0.4, -0.2) is 47.5 Å². The van der Waals surface area contributed by atoms with E-state index in [1.807, 2.05) is 0 Å². The van der Waals surface area contributed by atoms with Crippen molar-refractivity contribution in [2.45, 2.75) is 51.7 Å². The van der Waals surface area contributed by atoms with Crippen LogP contribution in [0.25, 0.3) is 0 Å². The molecular formula is C12H26N2O3. The highest BCUT2D eigenvalue weighted by Crippen LogP contribution is 1.99. The molecule has 0 fully saturated rings. The standard InChI is InChI=1S/C12H26N2O3/c1-4-5-6-7-13-11(16)10(2)14-8-12(3,17)9-15/h10,14-15,17H,4-9H2,1-3H3,(H,13,16). The second-order valence-electron chi connectivity index (χ2n) is 4.76. The first-order chi connectivity index (χ1) is 7.93. The Balaban J connectivity index is 3.74. The lowest BCUT2D eigenvalue weighted by atomic mass is 10.1. The van der Waals surface area contributed by atoms with Crippen LogP contribution in [0.3, 0.4) is 0 Å². The molecule has 5 nitrogen and oxygen atoms in total. The third-order valence-electron chi connectivity index (χ3n) is 2.60. The van der Waals surface area contributed by atoms with Gasteiger partial charge in [0.15, 0.2) is 0 Å². The van der Waals surface area contributed by atoms with Gasteiger partial charge >= 0.3 is 0 Å². The molecule has 2 unspecified atom stereocenters. The third-order valence-corrected chi connectivity index (χ3v) is 2.60. The molecule has 0 spiro atoms. The number of hydrogen-bond acceptors (Lipinski definition) is 4. The van der Waals surface area contributed by atoms with Crippen molar-refractivity contribution in [1.29, 1.82) is 0 Å². The van der Waals surface area contributed by atoms with Crippen LogP contribution in [0.4, 0.5) is 0 Å². The van der Waals surface area contributed by atoms with E-state index >= 15 is 0 Å². The maximum Gasteiger partial charge on any atom is 0.236 e. The number of unbranched alkanes of at least 4 members (excludes halogenated alkanes) is 2. The maximum absolute atomic E-state index is 11.6. The average molecular weight is 246 g/mol. The lowest BCUT2D eigenvalue weighted by Gasteiger charge is -2.23. The largest absolute Gasteiger partial charge is 0.393 e. The Hall–Kier alpha value is -0.650. The summed E-state index contributed by atoms with van der Waals surface area (Å²) in [6.45, 7) is 5.92. The normalized spacial score (nSPS) is 16.3. The predicted molar refractivity (Wildman–Crippen MR) is 67.7 cm³/mol. The van der Waals surface area contributed by atoms with E-state index in [0.717, 1.165) is 19.3 Å². The van der Waals surface area contributed by atoms with E-state index in [2.05, 4.69) is 17.6 Å². The van der Waals surface area contributed by atoms with Gasteiger partial charge in [0.1, 0.15) is 0 Å². The van der Waals surface area contributed by atoms with Gasteiger partial charge in [-0.25, -0.2) is 0 Å². The highest BCUT2D eigenvalue weighted by atomic mass is 16.3. The molecule has 0 bridgehead atoms. The quantitative estimate of drug-likeness (QED) is 0.432. The van der Waals surface area contributed by atoms with Crippen LogP contribution < -0.4 is 10.6 Å². The summed E-state index contributed by atoms with van der Waals surface area (Å²) in [5, 5.41) is 24.1. The van der Waals surface area contributed by atoms with Crippen molar-refractivity contribution in [1.82, 2.24) is 10.6 Å². The van der Waals surface area contributed by atoms with Crippen molar-refractivity contribution >= 4 is 5.91 Å². The van der Waals surface area contributed by atoms with Gasteiger partial charge in [0.2, 0.25) is 5.91 Å². The molecule has 5 heteroatoms. The molecule has 2 atom stereocenters. The SMILES string of the molecule is CCCCCNC(=O)C(C)NCC(C)(O)CO. The summed E-state index contributed by atoms with van der Waals surface area (Å²) in [6.07, 6.45) is 3.23. The van der Waals surface area contributed by atoms with Crippen LogP contribution >= 0.6 is 0 Å². The fraction of sp³-hybridized carbons (Fsp3) is 0.917. The van der Waals surface area contributed by atoms with Gasteiger partial charge in [0.05, 0.1) is 18.2 Å². The molecule has 0 heterocycles. The van der Waals surface area contributed by atoms with Crippen LogP contribution in [0.1, 0.15) is 40.0 Å². The number of carbonyl (C=O) groups excluding carboxylic acids is 1. The van der Waals surface area contributed by atoms with Crippen LogP contribution in [0, 0.1) is 0 Å². The first-order valence-corrected chi connectivity index (χ1v) is 6.27. The van der Waals surface area contributed by atoms with Gasteiger partial charge in [-0.15, -0.1) is 0 Å². The smallest absolute Gasteiger partial charge is 0.236 e. The second kappa shape index (κ2) is 8.44.